The molecule has 3 N–H and O–H groups in total. The molecule has 9 heteroatoms. The number of nitrogens with zero attached hydrogens (tertiary/aromatic N) is 4. The van der Waals surface area contributed by atoms with E-state index in [9.17, 15) is 9.90 Å². The number of pyridine rings is 1. The molecular weight excluding hydrogens is 338 g/mol. The lowest BCUT2D eigenvalue weighted by molar-refractivity contribution is -0.0265. The Morgan fingerprint density at radius 3 is 2.58 bits per heavy atom. The number of carbonyl (C=O) groups excluding carboxylic acids is 1. The van der Waals surface area contributed by atoms with E-state index in [1.54, 1.807) is 11.0 Å². The number of aromatic nitrogens is 3. The number of nitrogens with two attached hydrogens (primary N) is 1. The molecule has 1 aliphatic rings. The number of anilines is 1. The summed E-state index contributed by atoms with van der Waals surface area (Å²) in [5, 5.41) is 11.0. The lowest BCUT2D eigenvalue weighted by Gasteiger charge is -2.38. The summed E-state index contributed by atoms with van der Waals surface area (Å²) in [5.41, 5.74) is 5.67. The highest BCUT2D eigenvalue weighted by atomic mass is 16.5. The highest BCUT2D eigenvalue weighted by Gasteiger charge is 2.39. The van der Waals surface area contributed by atoms with E-state index in [1.807, 2.05) is 0 Å². The van der Waals surface area contributed by atoms with Crippen LogP contribution in [-0.2, 0) is 5.60 Å². The van der Waals surface area contributed by atoms with Gasteiger partial charge in [-0.2, -0.15) is 4.98 Å². The Kier molecular flexibility index (Phi) is 4.90. The van der Waals surface area contributed by atoms with Crippen molar-refractivity contribution in [2.45, 2.75) is 18.4 Å². The molecule has 2 aromatic rings. The standard InChI is InChI=1S/C17H21N5O4/c1-25-13-10-20-14(15(21-13)26-2)17(24)3-5-22(6-4-17)16(23)11-7-12(18)9-19-8-11/h7-10,24H,3-6,18H2,1-2H3. The van der Waals surface area contributed by atoms with Gasteiger partial charge in [-0.1, -0.05) is 0 Å². The van der Waals surface area contributed by atoms with Gasteiger partial charge in [-0.25, -0.2) is 4.98 Å². The molecule has 3 rings (SSSR count). The zero-order valence-electron chi connectivity index (χ0n) is 14.7. The van der Waals surface area contributed by atoms with E-state index in [2.05, 4.69) is 15.0 Å². The van der Waals surface area contributed by atoms with Gasteiger partial charge in [0.25, 0.3) is 5.91 Å². The summed E-state index contributed by atoms with van der Waals surface area (Å²) in [7, 11) is 2.94. The maximum absolute atomic E-state index is 12.6. The second-order valence-electron chi connectivity index (χ2n) is 6.10. The molecule has 26 heavy (non-hydrogen) atoms. The Bertz CT molecular complexity index is 805. The summed E-state index contributed by atoms with van der Waals surface area (Å²) in [6, 6.07) is 1.59. The summed E-state index contributed by atoms with van der Waals surface area (Å²) >= 11 is 0. The number of hydrogen-bond donors (Lipinski definition) is 2. The predicted molar refractivity (Wildman–Crippen MR) is 92.8 cm³/mol. The molecule has 0 atom stereocenters. The van der Waals surface area contributed by atoms with Crippen LogP contribution in [0.15, 0.2) is 24.7 Å². The van der Waals surface area contributed by atoms with Crippen molar-refractivity contribution in [3.05, 3.63) is 35.9 Å². The molecule has 9 nitrogen and oxygen atoms in total. The highest BCUT2D eigenvalue weighted by Crippen LogP contribution is 2.36. The molecule has 138 valence electrons. The van der Waals surface area contributed by atoms with Crippen LogP contribution in [0, 0.1) is 0 Å². The fourth-order valence-electron chi connectivity index (χ4n) is 2.99. The number of likely N-dealkylation sites (tertiary alicyclic amines) is 1. The van der Waals surface area contributed by atoms with E-state index < -0.39 is 5.60 Å². The number of piperidine rings is 1. The number of ether oxygens (including phenoxy) is 2. The lowest BCUT2D eigenvalue weighted by atomic mass is 9.87. The molecule has 1 amide bonds. The van der Waals surface area contributed by atoms with Crippen LogP contribution in [0.1, 0.15) is 28.9 Å². The predicted octanol–water partition coefficient (Wildman–Crippen LogP) is 0.595. The van der Waals surface area contributed by atoms with E-state index in [0.717, 1.165) is 0 Å². The topological polar surface area (TPSA) is 124 Å². The molecule has 0 radical (unpaired) electrons. The van der Waals surface area contributed by atoms with Crippen molar-refractivity contribution in [2.24, 2.45) is 0 Å². The molecule has 3 heterocycles. The molecule has 0 aliphatic carbocycles. The van der Waals surface area contributed by atoms with Crippen LogP contribution in [0.2, 0.25) is 0 Å². The van der Waals surface area contributed by atoms with Crippen molar-refractivity contribution >= 4 is 11.6 Å². The summed E-state index contributed by atoms with van der Waals surface area (Å²) in [6.45, 7) is 0.724. The summed E-state index contributed by atoms with van der Waals surface area (Å²) < 4.78 is 10.3. The van der Waals surface area contributed by atoms with Crippen LogP contribution in [0.5, 0.6) is 11.8 Å². The van der Waals surface area contributed by atoms with Gasteiger partial charge < -0.3 is 25.2 Å². The normalized spacial score (nSPS) is 16.2. The zero-order valence-corrected chi connectivity index (χ0v) is 14.7. The van der Waals surface area contributed by atoms with Crippen molar-refractivity contribution in [2.75, 3.05) is 33.0 Å². The second-order valence-corrected chi connectivity index (χ2v) is 6.10. The lowest BCUT2D eigenvalue weighted by Crippen LogP contribution is -2.45. The maximum Gasteiger partial charge on any atom is 0.255 e. The van der Waals surface area contributed by atoms with Crippen molar-refractivity contribution in [3.8, 4) is 11.8 Å². The van der Waals surface area contributed by atoms with Crippen LogP contribution in [0.25, 0.3) is 0 Å². The molecule has 0 aromatic carbocycles. The first kappa shape index (κ1) is 17.9. The van der Waals surface area contributed by atoms with Gasteiger partial charge in [0.15, 0.2) is 0 Å². The largest absolute Gasteiger partial charge is 0.480 e. The number of carbonyl (C=O) groups is 1. The van der Waals surface area contributed by atoms with Gasteiger partial charge in [-0.05, 0) is 18.9 Å². The van der Waals surface area contributed by atoms with Gasteiger partial charge in [0.05, 0.1) is 31.7 Å². The van der Waals surface area contributed by atoms with Crippen LogP contribution < -0.4 is 15.2 Å². The summed E-state index contributed by atoms with van der Waals surface area (Å²) in [4.78, 5) is 26.6. The Morgan fingerprint density at radius 1 is 1.23 bits per heavy atom. The van der Waals surface area contributed by atoms with E-state index in [1.165, 1.54) is 32.8 Å². The van der Waals surface area contributed by atoms with Gasteiger partial charge in [0.2, 0.25) is 11.8 Å². The third-order valence-corrected chi connectivity index (χ3v) is 4.45. The minimum atomic E-state index is -1.23. The maximum atomic E-state index is 12.6. The van der Waals surface area contributed by atoms with Crippen LogP contribution in [-0.4, -0.2) is 58.2 Å². The SMILES string of the molecule is COc1cnc(C2(O)CCN(C(=O)c3cncc(N)c3)CC2)c(OC)n1. The van der Waals surface area contributed by atoms with Crippen molar-refractivity contribution in [1.82, 2.24) is 19.9 Å². The van der Waals surface area contributed by atoms with Crippen LogP contribution >= 0.6 is 0 Å². The smallest absolute Gasteiger partial charge is 0.255 e. The Labute approximate surface area is 150 Å². The number of methoxy groups -OCH3 is 2. The minimum absolute atomic E-state index is 0.167. The molecule has 1 fully saturated rings. The zero-order chi connectivity index (χ0) is 18.7. The summed E-state index contributed by atoms with van der Waals surface area (Å²) in [6.07, 6.45) is 5.03. The van der Waals surface area contributed by atoms with Crippen molar-refractivity contribution in [1.29, 1.82) is 0 Å². The minimum Gasteiger partial charge on any atom is -0.480 e. The third kappa shape index (κ3) is 3.38. The monoisotopic (exact) mass is 359 g/mol. The number of nitrogen functional groups attached to an aromatic ring is 1. The fourth-order valence-corrected chi connectivity index (χ4v) is 2.99. The van der Waals surface area contributed by atoms with E-state index in [4.69, 9.17) is 15.2 Å². The molecule has 1 aliphatic heterocycles. The fraction of sp³-hybridized carbons (Fsp3) is 0.412. The molecule has 0 bridgehead atoms. The number of rotatable bonds is 4. The number of hydrogen-bond acceptors (Lipinski definition) is 8. The Morgan fingerprint density at radius 2 is 1.96 bits per heavy atom. The third-order valence-electron chi connectivity index (χ3n) is 4.45. The molecule has 0 saturated carbocycles. The van der Waals surface area contributed by atoms with Crippen LogP contribution in [0.4, 0.5) is 5.69 Å². The first-order valence-electron chi connectivity index (χ1n) is 8.14. The summed E-state index contributed by atoms with van der Waals surface area (Å²) in [5.74, 6) is 0.349. The first-order valence-corrected chi connectivity index (χ1v) is 8.14. The first-order chi connectivity index (χ1) is 12.5. The van der Waals surface area contributed by atoms with Crippen molar-refractivity contribution in [3.63, 3.8) is 0 Å². The van der Waals surface area contributed by atoms with E-state index >= 15 is 0 Å². The Balaban J connectivity index is 1.76. The van der Waals surface area contributed by atoms with Gasteiger partial charge in [0, 0.05) is 25.5 Å². The van der Waals surface area contributed by atoms with E-state index in [0.29, 0.717) is 48.8 Å². The number of aliphatic hydroxyl groups is 1. The molecule has 0 unspecified atom stereocenters. The van der Waals surface area contributed by atoms with Gasteiger partial charge >= 0.3 is 0 Å². The van der Waals surface area contributed by atoms with Gasteiger partial charge in [0.1, 0.15) is 11.3 Å². The molecule has 1 saturated heterocycles. The quantitative estimate of drug-likeness (QED) is 0.813. The average molecular weight is 359 g/mol. The average Bonchev–Trinajstić information content (AvgIpc) is 2.67. The molecule has 2 aromatic heterocycles. The Hall–Kier alpha value is -2.94. The van der Waals surface area contributed by atoms with E-state index in [-0.39, 0.29) is 11.8 Å². The number of amides is 1. The molecule has 0 spiro atoms. The molecular formula is C17H21N5O4. The van der Waals surface area contributed by atoms with Crippen molar-refractivity contribution < 1.29 is 19.4 Å². The highest BCUT2D eigenvalue weighted by molar-refractivity contribution is 5.94. The van der Waals surface area contributed by atoms with Gasteiger partial charge in [-0.3, -0.25) is 9.78 Å². The van der Waals surface area contributed by atoms with Crippen LogP contribution in [0.3, 0.4) is 0 Å². The second kappa shape index (κ2) is 7.12. The van der Waals surface area contributed by atoms with Gasteiger partial charge in [-0.15, -0.1) is 0 Å².